The van der Waals surface area contributed by atoms with Gasteiger partial charge in [0.2, 0.25) is 0 Å². The first-order chi connectivity index (χ1) is 14.8. The third-order valence-electron chi connectivity index (χ3n) is 4.83. The van der Waals surface area contributed by atoms with Crippen LogP contribution in [0.4, 0.5) is 11.4 Å². The van der Waals surface area contributed by atoms with E-state index in [9.17, 15) is 19.7 Å². The number of hydrogen-bond acceptors (Lipinski definition) is 6. The first kappa shape index (κ1) is 19.9. The molecule has 9 heteroatoms. The lowest BCUT2D eigenvalue weighted by Crippen LogP contribution is -2.22. The van der Waals surface area contributed by atoms with Gasteiger partial charge in [0.15, 0.2) is 5.65 Å². The van der Waals surface area contributed by atoms with E-state index in [1.807, 2.05) is 0 Å². The lowest BCUT2D eigenvalue weighted by Gasteiger charge is -2.12. The summed E-state index contributed by atoms with van der Waals surface area (Å²) in [7, 11) is 0. The number of benzene rings is 2. The van der Waals surface area contributed by atoms with Gasteiger partial charge in [-0.2, -0.15) is 0 Å². The zero-order chi connectivity index (χ0) is 22.1. The topological polar surface area (TPSA) is 120 Å². The minimum atomic E-state index is -0.492. The van der Waals surface area contributed by atoms with Crippen LogP contribution in [0.1, 0.15) is 21.7 Å². The number of hydrogen-bond donors (Lipinski definition) is 1. The molecular formula is C22H17N5O4. The minimum Gasteiger partial charge on any atom is -0.322 e. The van der Waals surface area contributed by atoms with Crippen molar-refractivity contribution in [2.24, 2.45) is 0 Å². The Morgan fingerprint density at radius 2 is 1.90 bits per heavy atom. The van der Waals surface area contributed by atoms with Crippen molar-refractivity contribution in [2.45, 2.75) is 13.8 Å². The maximum Gasteiger partial charge on any atom is 0.272 e. The largest absolute Gasteiger partial charge is 0.322 e. The summed E-state index contributed by atoms with van der Waals surface area (Å²) in [6.45, 7) is 3.28. The Bertz CT molecular complexity index is 1410. The first-order valence-electron chi connectivity index (χ1n) is 9.36. The van der Waals surface area contributed by atoms with Crippen molar-refractivity contribution in [3.05, 3.63) is 98.2 Å². The van der Waals surface area contributed by atoms with Gasteiger partial charge in [-0.15, -0.1) is 0 Å². The Hall–Kier alpha value is -4.40. The molecule has 0 saturated carbocycles. The van der Waals surface area contributed by atoms with Crippen molar-refractivity contribution >= 4 is 28.3 Å². The van der Waals surface area contributed by atoms with E-state index in [2.05, 4.69) is 15.3 Å². The Kier molecular flexibility index (Phi) is 5.00. The molecule has 0 aliphatic rings. The summed E-state index contributed by atoms with van der Waals surface area (Å²) in [5.74, 6) is 0.0470. The second-order valence-electron chi connectivity index (χ2n) is 6.94. The number of nitrogens with zero attached hydrogens (tertiary/aromatic N) is 4. The number of nitrogens with one attached hydrogen (secondary N) is 1. The van der Waals surface area contributed by atoms with Gasteiger partial charge in [0.25, 0.3) is 17.2 Å². The van der Waals surface area contributed by atoms with Gasteiger partial charge in [0.05, 0.1) is 16.0 Å². The number of nitro benzene ring substituents is 1. The van der Waals surface area contributed by atoms with Crippen LogP contribution >= 0.6 is 0 Å². The summed E-state index contributed by atoms with van der Waals surface area (Å²) in [5, 5.41) is 14.1. The molecule has 154 valence electrons. The summed E-state index contributed by atoms with van der Waals surface area (Å²) in [6.07, 6.45) is 1.58. The van der Waals surface area contributed by atoms with Crippen LogP contribution in [-0.2, 0) is 0 Å². The SMILES string of the molecule is Cc1cc(C(=O)Nc2cccc(-n3c(C)nc4ncccc4c3=O)c2)ccc1[N+](=O)[O-]. The van der Waals surface area contributed by atoms with Crippen molar-refractivity contribution < 1.29 is 9.72 Å². The number of aromatic nitrogens is 3. The number of carbonyl (C=O) groups excluding carboxylic acids is 1. The monoisotopic (exact) mass is 415 g/mol. The summed E-state index contributed by atoms with van der Waals surface area (Å²) in [6, 6.07) is 14.3. The molecule has 2 heterocycles. The molecule has 0 aliphatic carbocycles. The van der Waals surface area contributed by atoms with E-state index in [0.717, 1.165) is 0 Å². The molecule has 9 nitrogen and oxygen atoms in total. The zero-order valence-electron chi connectivity index (χ0n) is 16.7. The van der Waals surface area contributed by atoms with Crippen LogP contribution in [0.2, 0.25) is 0 Å². The fourth-order valence-corrected chi connectivity index (χ4v) is 3.36. The lowest BCUT2D eigenvalue weighted by molar-refractivity contribution is -0.385. The van der Waals surface area contributed by atoms with Gasteiger partial charge < -0.3 is 5.32 Å². The molecular weight excluding hydrogens is 398 g/mol. The van der Waals surface area contributed by atoms with Crippen molar-refractivity contribution in [3.63, 3.8) is 0 Å². The van der Waals surface area contributed by atoms with Gasteiger partial charge in [-0.1, -0.05) is 6.07 Å². The number of anilines is 1. The summed E-state index contributed by atoms with van der Waals surface area (Å²) in [5.41, 5.74) is 1.76. The lowest BCUT2D eigenvalue weighted by atomic mass is 10.1. The van der Waals surface area contributed by atoms with Crippen LogP contribution in [0, 0.1) is 24.0 Å². The number of carbonyl (C=O) groups is 1. The summed E-state index contributed by atoms with van der Waals surface area (Å²) < 4.78 is 1.45. The highest BCUT2D eigenvalue weighted by Gasteiger charge is 2.15. The standard InChI is InChI=1S/C22H17N5O4/c1-13-11-15(8-9-19(13)27(30)31)21(28)25-16-5-3-6-17(12-16)26-14(2)24-20-18(22(26)29)7-4-10-23-20/h3-12H,1-2H3,(H,25,28). The molecule has 0 aliphatic heterocycles. The second-order valence-corrected chi connectivity index (χ2v) is 6.94. The van der Waals surface area contributed by atoms with Crippen molar-refractivity contribution in [1.29, 1.82) is 0 Å². The number of nitro groups is 1. The average molecular weight is 415 g/mol. The van der Waals surface area contributed by atoms with Gasteiger partial charge in [0, 0.05) is 29.1 Å². The van der Waals surface area contributed by atoms with Crippen LogP contribution in [0.15, 0.2) is 65.6 Å². The first-order valence-corrected chi connectivity index (χ1v) is 9.36. The van der Waals surface area contributed by atoms with E-state index < -0.39 is 10.8 Å². The van der Waals surface area contributed by atoms with Gasteiger partial charge in [-0.05, 0) is 56.3 Å². The van der Waals surface area contributed by atoms with Gasteiger partial charge in [-0.25, -0.2) is 9.97 Å². The molecule has 4 aromatic rings. The van der Waals surface area contributed by atoms with E-state index in [1.54, 1.807) is 56.4 Å². The molecule has 1 N–H and O–H groups in total. The van der Waals surface area contributed by atoms with Crippen molar-refractivity contribution in [1.82, 2.24) is 14.5 Å². The molecule has 0 fully saturated rings. The second kappa shape index (κ2) is 7.79. The molecule has 2 aromatic heterocycles. The number of fused-ring (bicyclic) bond motifs is 1. The average Bonchev–Trinajstić information content (AvgIpc) is 2.73. The molecule has 0 bridgehead atoms. The van der Waals surface area contributed by atoms with E-state index in [1.165, 1.54) is 22.8 Å². The molecule has 0 atom stereocenters. The van der Waals surface area contributed by atoms with Crippen LogP contribution in [-0.4, -0.2) is 25.4 Å². The van der Waals surface area contributed by atoms with Crippen LogP contribution in [0.3, 0.4) is 0 Å². The highest BCUT2D eigenvalue weighted by molar-refractivity contribution is 6.04. The van der Waals surface area contributed by atoms with Gasteiger partial charge in [0.1, 0.15) is 5.82 Å². The Balaban J connectivity index is 1.68. The predicted molar refractivity (Wildman–Crippen MR) is 116 cm³/mol. The van der Waals surface area contributed by atoms with E-state index in [4.69, 9.17) is 0 Å². The molecule has 0 unspecified atom stereocenters. The normalized spacial score (nSPS) is 10.8. The maximum atomic E-state index is 13.0. The summed E-state index contributed by atoms with van der Waals surface area (Å²) in [4.78, 5) is 44.6. The number of pyridine rings is 1. The minimum absolute atomic E-state index is 0.0494. The predicted octanol–water partition coefficient (Wildman–Crippen LogP) is 3.56. The molecule has 0 radical (unpaired) electrons. The summed E-state index contributed by atoms with van der Waals surface area (Å²) >= 11 is 0. The van der Waals surface area contributed by atoms with Crippen molar-refractivity contribution in [3.8, 4) is 5.69 Å². The highest BCUT2D eigenvalue weighted by Crippen LogP contribution is 2.21. The van der Waals surface area contributed by atoms with Crippen LogP contribution in [0.25, 0.3) is 16.7 Å². The number of aryl methyl sites for hydroxylation is 2. The smallest absolute Gasteiger partial charge is 0.272 e. The van der Waals surface area contributed by atoms with E-state index >= 15 is 0 Å². The zero-order valence-corrected chi connectivity index (χ0v) is 16.7. The number of amides is 1. The Labute approximate surface area is 176 Å². The molecule has 1 amide bonds. The molecule has 4 rings (SSSR count). The third-order valence-corrected chi connectivity index (χ3v) is 4.83. The molecule has 2 aromatic carbocycles. The fraction of sp³-hybridized carbons (Fsp3) is 0.0909. The maximum absolute atomic E-state index is 13.0. The fourth-order valence-electron chi connectivity index (χ4n) is 3.36. The molecule has 0 spiro atoms. The Morgan fingerprint density at radius 1 is 1.10 bits per heavy atom. The van der Waals surface area contributed by atoms with Crippen LogP contribution < -0.4 is 10.9 Å². The van der Waals surface area contributed by atoms with E-state index in [-0.39, 0.29) is 11.2 Å². The Morgan fingerprint density at radius 3 is 2.65 bits per heavy atom. The molecule has 31 heavy (non-hydrogen) atoms. The van der Waals surface area contributed by atoms with Crippen molar-refractivity contribution in [2.75, 3.05) is 5.32 Å². The third kappa shape index (κ3) is 3.76. The number of rotatable bonds is 4. The molecule has 0 saturated heterocycles. The van der Waals surface area contributed by atoms with Crippen LogP contribution in [0.5, 0.6) is 0 Å². The highest BCUT2D eigenvalue weighted by atomic mass is 16.6. The van der Waals surface area contributed by atoms with E-state index in [0.29, 0.717) is 39.4 Å². The van der Waals surface area contributed by atoms with Gasteiger partial charge >= 0.3 is 0 Å². The van der Waals surface area contributed by atoms with Gasteiger partial charge in [-0.3, -0.25) is 24.3 Å². The quantitative estimate of drug-likeness (QED) is 0.402.